The second-order valence-electron chi connectivity index (χ2n) is 5.83. The van der Waals surface area contributed by atoms with Gasteiger partial charge in [-0.25, -0.2) is 13.8 Å². The van der Waals surface area contributed by atoms with Crippen LogP contribution in [0.4, 0.5) is 14.6 Å². The average molecular weight is 337 g/mol. The molecule has 0 radical (unpaired) electrons. The van der Waals surface area contributed by atoms with Gasteiger partial charge in [-0.2, -0.15) is 0 Å². The third kappa shape index (κ3) is 2.76. The molecule has 0 spiro atoms. The van der Waals surface area contributed by atoms with Crippen LogP contribution < -0.4 is 5.32 Å². The van der Waals surface area contributed by atoms with Gasteiger partial charge in [-0.1, -0.05) is 6.07 Å². The molecule has 1 atom stereocenters. The van der Waals surface area contributed by atoms with Gasteiger partial charge in [0.1, 0.15) is 17.5 Å². The number of aromatic nitrogens is 2. The predicted octanol–water partition coefficient (Wildman–Crippen LogP) is 3.81. The summed E-state index contributed by atoms with van der Waals surface area (Å²) in [7, 11) is 0. The fourth-order valence-electron chi connectivity index (χ4n) is 3.00. The molecule has 1 unspecified atom stereocenters. The molecule has 3 aromatic rings. The van der Waals surface area contributed by atoms with Crippen molar-refractivity contribution >= 4 is 11.6 Å². The number of ketones is 1. The number of rotatable bonds is 3. The van der Waals surface area contributed by atoms with Gasteiger partial charge in [0.15, 0.2) is 5.78 Å². The van der Waals surface area contributed by atoms with E-state index in [1.807, 2.05) is 18.2 Å². The number of carbonyl (C=O) groups is 1. The minimum atomic E-state index is -0.726. The number of carbonyl (C=O) groups excluding carboxylic acids is 1. The van der Waals surface area contributed by atoms with E-state index in [9.17, 15) is 13.6 Å². The zero-order chi connectivity index (χ0) is 17.4. The van der Waals surface area contributed by atoms with Crippen molar-refractivity contribution in [1.29, 1.82) is 0 Å². The molecule has 0 saturated heterocycles. The summed E-state index contributed by atoms with van der Waals surface area (Å²) < 4.78 is 27.4. The maximum Gasteiger partial charge on any atom is 0.175 e. The zero-order valence-corrected chi connectivity index (χ0v) is 13.0. The van der Waals surface area contributed by atoms with Crippen LogP contribution >= 0.6 is 0 Å². The van der Waals surface area contributed by atoms with Crippen molar-refractivity contribution in [1.82, 2.24) is 9.97 Å². The van der Waals surface area contributed by atoms with E-state index in [0.717, 1.165) is 29.3 Å². The summed E-state index contributed by atoms with van der Waals surface area (Å²) in [6, 6.07) is 8.45. The SMILES string of the molecule is O=C(c1cc(F)ccc1F)C1CNc2ncc(-c3cccnc3)cc21. The molecule has 0 saturated carbocycles. The van der Waals surface area contributed by atoms with Crippen LogP contribution in [-0.2, 0) is 0 Å². The molecular weight excluding hydrogens is 324 g/mol. The Hall–Kier alpha value is -3.15. The number of hydrogen-bond donors (Lipinski definition) is 1. The largest absolute Gasteiger partial charge is 0.369 e. The first-order valence-corrected chi connectivity index (χ1v) is 7.77. The predicted molar refractivity (Wildman–Crippen MR) is 89.4 cm³/mol. The molecule has 1 N–H and O–H groups in total. The Morgan fingerprint density at radius 1 is 1.12 bits per heavy atom. The molecule has 1 aliphatic heterocycles. The molecule has 2 aromatic heterocycles. The lowest BCUT2D eigenvalue weighted by atomic mass is 9.91. The number of anilines is 1. The Bertz CT molecular complexity index is 960. The summed E-state index contributed by atoms with van der Waals surface area (Å²) in [5, 5.41) is 3.05. The molecule has 0 bridgehead atoms. The van der Waals surface area contributed by atoms with Crippen LogP contribution in [0.3, 0.4) is 0 Å². The van der Waals surface area contributed by atoms with Gasteiger partial charge >= 0.3 is 0 Å². The van der Waals surface area contributed by atoms with Crippen molar-refractivity contribution in [3.63, 3.8) is 0 Å². The van der Waals surface area contributed by atoms with Gasteiger partial charge < -0.3 is 5.32 Å². The van der Waals surface area contributed by atoms with Crippen LogP contribution in [-0.4, -0.2) is 22.3 Å². The highest BCUT2D eigenvalue weighted by Crippen LogP contribution is 2.35. The average Bonchev–Trinajstić information content (AvgIpc) is 3.07. The van der Waals surface area contributed by atoms with Crippen molar-refractivity contribution in [2.75, 3.05) is 11.9 Å². The Labute approximate surface area is 142 Å². The number of benzene rings is 1. The van der Waals surface area contributed by atoms with E-state index in [4.69, 9.17) is 0 Å². The van der Waals surface area contributed by atoms with Crippen molar-refractivity contribution < 1.29 is 13.6 Å². The molecule has 1 aromatic carbocycles. The van der Waals surface area contributed by atoms with Gasteiger partial charge in [0, 0.05) is 41.8 Å². The maximum absolute atomic E-state index is 14.0. The summed E-state index contributed by atoms with van der Waals surface area (Å²) in [6.07, 6.45) is 5.07. The first kappa shape index (κ1) is 15.4. The van der Waals surface area contributed by atoms with Crippen LogP contribution in [0.25, 0.3) is 11.1 Å². The second-order valence-corrected chi connectivity index (χ2v) is 5.83. The van der Waals surface area contributed by atoms with Crippen LogP contribution in [0.5, 0.6) is 0 Å². The Balaban J connectivity index is 1.74. The summed E-state index contributed by atoms with van der Waals surface area (Å²) >= 11 is 0. The number of halogens is 2. The summed E-state index contributed by atoms with van der Waals surface area (Å²) in [5.74, 6) is -1.86. The van der Waals surface area contributed by atoms with Gasteiger partial charge in [0.05, 0.1) is 11.5 Å². The standard InChI is InChI=1S/C19H13F2N3O/c20-13-3-4-17(21)15(7-13)18(25)16-10-24-19-14(16)6-12(9-23-19)11-2-1-5-22-8-11/h1-9,16H,10H2,(H,23,24). The minimum Gasteiger partial charge on any atom is -0.369 e. The minimum absolute atomic E-state index is 0.244. The highest BCUT2D eigenvalue weighted by Gasteiger charge is 2.32. The number of fused-ring (bicyclic) bond motifs is 1. The van der Waals surface area contributed by atoms with E-state index in [1.165, 1.54) is 0 Å². The summed E-state index contributed by atoms with van der Waals surface area (Å²) in [4.78, 5) is 21.2. The lowest BCUT2D eigenvalue weighted by Crippen LogP contribution is -2.16. The maximum atomic E-state index is 14.0. The number of nitrogens with one attached hydrogen (secondary N) is 1. The van der Waals surface area contributed by atoms with Crippen LogP contribution in [0.15, 0.2) is 55.0 Å². The van der Waals surface area contributed by atoms with E-state index in [2.05, 4.69) is 15.3 Å². The van der Waals surface area contributed by atoms with Gasteiger partial charge in [0.2, 0.25) is 0 Å². The van der Waals surface area contributed by atoms with E-state index < -0.39 is 23.3 Å². The quantitative estimate of drug-likeness (QED) is 0.739. The highest BCUT2D eigenvalue weighted by molar-refractivity contribution is 6.03. The Kier molecular flexibility index (Phi) is 3.72. The zero-order valence-electron chi connectivity index (χ0n) is 13.0. The monoisotopic (exact) mass is 337 g/mol. The van der Waals surface area contributed by atoms with E-state index in [1.54, 1.807) is 18.6 Å². The van der Waals surface area contributed by atoms with Crippen LogP contribution in [0.2, 0.25) is 0 Å². The smallest absolute Gasteiger partial charge is 0.175 e. The first-order chi connectivity index (χ1) is 12.1. The van der Waals surface area contributed by atoms with Crippen LogP contribution in [0, 0.1) is 11.6 Å². The molecule has 4 nitrogen and oxygen atoms in total. The number of pyridine rings is 2. The molecule has 3 heterocycles. The number of nitrogens with zero attached hydrogens (tertiary/aromatic N) is 2. The molecule has 6 heteroatoms. The molecule has 1 aliphatic rings. The highest BCUT2D eigenvalue weighted by atomic mass is 19.1. The number of Topliss-reactive ketones (excluding diaryl/α,β-unsaturated/α-hetero) is 1. The first-order valence-electron chi connectivity index (χ1n) is 7.77. The van der Waals surface area contributed by atoms with Crippen molar-refractivity contribution in [3.05, 3.63) is 77.8 Å². The van der Waals surface area contributed by atoms with Crippen molar-refractivity contribution in [2.24, 2.45) is 0 Å². The van der Waals surface area contributed by atoms with Gasteiger partial charge in [0.25, 0.3) is 0 Å². The third-order valence-corrected chi connectivity index (χ3v) is 4.27. The lowest BCUT2D eigenvalue weighted by Gasteiger charge is -2.11. The Morgan fingerprint density at radius 3 is 2.80 bits per heavy atom. The summed E-state index contributed by atoms with van der Waals surface area (Å²) in [6.45, 7) is 0.299. The molecule has 4 rings (SSSR count). The van der Waals surface area contributed by atoms with Crippen LogP contribution in [0.1, 0.15) is 21.8 Å². The second kappa shape index (κ2) is 6.05. The van der Waals surface area contributed by atoms with Gasteiger partial charge in [-0.3, -0.25) is 9.78 Å². The van der Waals surface area contributed by atoms with E-state index in [0.29, 0.717) is 17.9 Å². The van der Waals surface area contributed by atoms with Crippen molar-refractivity contribution in [2.45, 2.75) is 5.92 Å². The molecule has 25 heavy (non-hydrogen) atoms. The Morgan fingerprint density at radius 2 is 2.00 bits per heavy atom. The van der Waals surface area contributed by atoms with E-state index >= 15 is 0 Å². The van der Waals surface area contributed by atoms with E-state index in [-0.39, 0.29) is 5.56 Å². The fourth-order valence-corrected chi connectivity index (χ4v) is 3.00. The molecular formula is C19H13F2N3O. The molecule has 0 fully saturated rings. The molecule has 0 aliphatic carbocycles. The van der Waals surface area contributed by atoms with Crippen molar-refractivity contribution in [3.8, 4) is 11.1 Å². The number of hydrogen-bond acceptors (Lipinski definition) is 4. The summed E-state index contributed by atoms with van der Waals surface area (Å²) in [5.41, 5.74) is 2.11. The molecule has 0 amide bonds. The normalized spacial score (nSPS) is 15.5. The third-order valence-electron chi connectivity index (χ3n) is 4.27. The fraction of sp³-hybridized carbons (Fsp3) is 0.105. The van der Waals surface area contributed by atoms with Gasteiger partial charge in [-0.05, 0) is 30.3 Å². The topological polar surface area (TPSA) is 54.9 Å². The molecule has 124 valence electrons. The lowest BCUT2D eigenvalue weighted by molar-refractivity contribution is 0.0962. The van der Waals surface area contributed by atoms with Gasteiger partial charge in [-0.15, -0.1) is 0 Å².